The van der Waals surface area contributed by atoms with Gasteiger partial charge in [0.2, 0.25) is 12.2 Å². The summed E-state index contributed by atoms with van der Waals surface area (Å²) in [6, 6.07) is -0.0479. The van der Waals surface area contributed by atoms with Gasteiger partial charge in [0.25, 0.3) is 0 Å². The molecule has 4 heteroatoms. The van der Waals surface area contributed by atoms with Crippen molar-refractivity contribution in [3.8, 4) is 0 Å². The summed E-state index contributed by atoms with van der Waals surface area (Å²) < 4.78 is 0. The van der Waals surface area contributed by atoms with Gasteiger partial charge in [-0.2, -0.15) is 4.99 Å². The maximum Gasteiger partial charge on any atom is 0.235 e. The lowest BCUT2D eigenvalue weighted by atomic mass is 9.64. The second kappa shape index (κ2) is 3.38. The van der Waals surface area contributed by atoms with E-state index in [9.17, 15) is 9.59 Å². The highest BCUT2D eigenvalue weighted by molar-refractivity contribution is 5.39. The Morgan fingerprint density at radius 3 is 2.44 bits per heavy atom. The molecule has 0 spiro atoms. The summed E-state index contributed by atoms with van der Waals surface area (Å²) in [6.07, 6.45) is 5.23. The molecule has 2 fully saturated rings. The second-order valence-electron chi connectivity index (χ2n) is 5.49. The first kappa shape index (κ1) is 11.3. The summed E-state index contributed by atoms with van der Waals surface area (Å²) >= 11 is 0. The van der Waals surface area contributed by atoms with Gasteiger partial charge in [-0.3, -0.25) is 0 Å². The monoisotopic (exact) mass is 220 g/mol. The highest BCUT2D eigenvalue weighted by Crippen LogP contribution is 2.64. The largest absolute Gasteiger partial charge is 0.235 e. The number of nitrogens with zero attached hydrogens (tertiary/aromatic N) is 2. The van der Waals surface area contributed by atoms with Crippen molar-refractivity contribution < 1.29 is 9.59 Å². The quantitative estimate of drug-likeness (QED) is 0.526. The van der Waals surface area contributed by atoms with Crippen molar-refractivity contribution in [1.82, 2.24) is 0 Å². The number of carbonyl (C=O) groups excluding carboxylic acids is 2. The Bertz CT molecular complexity index is 409. The lowest BCUT2D eigenvalue weighted by Crippen LogP contribution is -2.50. The van der Waals surface area contributed by atoms with E-state index in [0.717, 1.165) is 12.8 Å². The third-order valence-electron chi connectivity index (χ3n) is 5.18. The summed E-state index contributed by atoms with van der Waals surface area (Å²) in [6.45, 7) is 6.18. The van der Waals surface area contributed by atoms with Crippen LogP contribution in [0.3, 0.4) is 0 Å². The van der Waals surface area contributed by atoms with Crippen molar-refractivity contribution in [3.05, 3.63) is 0 Å². The molecule has 0 radical (unpaired) electrons. The zero-order valence-corrected chi connectivity index (χ0v) is 9.86. The molecule has 16 heavy (non-hydrogen) atoms. The average molecular weight is 220 g/mol. The first-order chi connectivity index (χ1) is 7.49. The molecule has 86 valence electrons. The minimum Gasteiger partial charge on any atom is -0.211 e. The van der Waals surface area contributed by atoms with Crippen molar-refractivity contribution >= 4 is 12.2 Å². The Morgan fingerprint density at radius 1 is 1.25 bits per heavy atom. The van der Waals surface area contributed by atoms with Crippen LogP contribution < -0.4 is 0 Å². The molecule has 0 aromatic rings. The van der Waals surface area contributed by atoms with Crippen molar-refractivity contribution in [2.45, 2.75) is 45.2 Å². The fraction of sp³-hybridized carbons (Fsp3) is 0.833. The minimum absolute atomic E-state index is 0.0479. The fourth-order valence-corrected chi connectivity index (χ4v) is 3.80. The maximum absolute atomic E-state index is 10.6. The zero-order chi connectivity index (χ0) is 12.0. The van der Waals surface area contributed by atoms with E-state index in [2.05, 4.69) is 23.8 Å². The molecule has 5 atom stereocenters. The van der Waals surface area contributed by atoms with E-state index < -0.39 is 5.54 Å². The van der Waals surface area contributed by atoms with E-state index in [-0.39, 0.29) is 11.5 Å². The Morgan fingerprint density at radius 2 is 1.94 bits per heavy atom. The first-order valence-electron chi connectivity index (χ1n) is 5.65. The molecule has 0 aliphatic heterocycles. The molecular formula is C12H16N2O2. The van der Waals surface area contributed by atoms with Crippen LogP contribution in [-0.2, 0) is 9.59 Å². The number of aliphatic imine (C=N–C) groups is 2. The number of fused-ring (bicyclic) bond motifs is 2. The molecule has 4 nitrogen and oxygen atoms in total. The second-order valence-corrected chi connectivity index (χ2v) is 5.49. The van der Waals surface area contributed by atoms with Gasteiger partial charge in [-0.25, -0.2) is 14.6 Å². The minimum atomic E-state index is -0.442. The third-order valence-corrected chi connectivity index (χ3v) is 5.18. The predicted octanol–water partition coefficient (Wildman–Crippen LogP) is 1.85. The maximum atomic E-state index is 10.6. The van der Waals surface area contributed by atoms with E-state index in [1.165, 1.54) is 0 Å². The molecule has 2 aliphatic rings. The van der Waals surface area contributed by atoms with Crippen LogP contribution in [0.25, 0.3) is 0 Å². The van der Waals surface area contributed by atoms with Crippen molar-refractivity contribution in [3.63, 3.8) is 0 Å². The Balaban J connectivity index is 2.48. The molecule has 2 bridgehead atoms. The van der Waals surface area contributed by atoms with Gasteiger partial charge >= 0.3 is 0 Å². The van der Waals surface area contributed by atoms with Crippen LogP contribution in [0.5, 0.6) is 0 Å². The smallest absolute Gasteiger partial charge is 0.211 e. The van der Waals surface area contributed by atoms with E-state index in [1.54, 1.807) is 12.2 Å². The third kappa shape index (κ3) is 1.12. The highest BCUT2D eigenvalue weighted by Gasteiger charge is 2.66. The van der Waals surface area contributed by atoms with Gasteiger partial charge in [0.15, 0.2) is 0 Å². The molecule has 2 aliphatic carbocycles. The van der Waals surface area contributed by atoms with Crippen LogP contribution in [0, 0.1) is 17.3 Å². The van der Waals surface area contributed by atoms with Gasteiger partial charge < -0.3 is 0 Å². The molecular weight excluding hydrogens is 204 g/mol. The van der Waals surface area contributed by atoms with Crippen molar-refractivity contribution in [1.29, 1.82) is 0 Å². The van der Waals surface area contributed by atoms with E-state index >= 15 is 0 Å². The van der Waals surface area contributed by atoms with Crippen LogP contribution in [0.2, 0.25) is 0 Å². The van der Waals surface area contributed by atoms with Crippen LogP contribution in [0.4, 0.5) is 0 Å². The lowest BCUT2D eigenvalue weighted by molar-refractivity contribution is 0.111. The molecule has 0 N–H and O–H groups in total. The van der Waals surface area contributed by atoms with Gasteiger partial charge in [0.05, 0.1) is 11.6 Å². The van der Waals surface area contributed by atoms with Crippen LogP contribution >= 0.6 is 0 Å². The number of hydrogen-bond donors (Lipinski definition) is 0. The average Bonchev–Trinajstić information content (AvgIpc) is 2.64. The number of hydrogen-bond acceptors (Lipinski definition) is 4. The Labute approximate surface area is 94.9 Å². The van der Waals surface area contributed by atoms with E-state index in [4.69, 9.17) is 0 Å². The number of rotatable bonds is 2. The van der Waals surface area contributed by atoms with Crippen molar-refractivity contribution in [2.75, 3.05) is 0 Å². The predicted molar refractivity (Wildman–Crippen MR) is 58.4 cm³/mol. The molecule has 5 unspecified atom stereocenters. The summed E-state index contributed by atoms with van der Waals surface area (Å²) in [5, 5.41) is 0. The summed E-state index contributed by atoms with van der Waals surface area (Å²) in [4.78, 5) is 28.9. The van der Waals surface area contributed by atoms with Crippen molar-refractivity contribution in [2.24, 2.45) is 27.2 Å². The van der Waals surface area contributed by atoms with Gasteiger partial charge in [-0.1, -0.05) is 13.8 Å². The standard InChI is InChI=1S/C12H16N2O2/c1-8-9-4-10(13-6-15)11(2,5-9)12(8,3)14-7-16/h8-10H,4-5H2,1-3H3. The van der Waals surface area contributed by atoms with Crippen LogP contribution in [0.15, 0.2) is 9.98 Å². The molecule has 0 saturated heterocycles. The normalized spacial score (nSPS) is 49.6. The zero-order valence-electron chi connectivity index (χ0n) is 9.86. The molecule has 0 aromatic carbocycles. The van der Waals surface area contributed by atoms with Gasteiger partial charge in [-0.05, 0) is 31.6 Å². The topological polar surface area (TPSA) is 58.9 Å². The van der Waals surface area contributed by atoms with Crippen LogP contribution in [-0.4, -0.2) is 23.7 Å². The summed E-state index contributed by atoms with van der Waals surface area (Å²) in [7, 11) is 0. The summed E-state index contributed by atoms with van der Waals surface area (Å²) in [5.41, 5.74) is -0.644. The summed E-state index contributed by atoms with van der Waals surface area (Å²) in [5.74, 6) is 0.839. The molecule has 0 aromatic heterocycles. The molecule has 2 saturated carbocycles. The fourth-order valence-electron chi connectivity index (χ4n) is 3.80. The highest BCUT2D eigenvalue weighted by atomic mass is 16.1. The van der Waals surface area contributed by atoms with Gasteiger partial charge in [-0.15, -0.1) is 0 Å². The van der Waals surface area contributed by atoms with E-state index in [1.807, 2.05) is 6.92 Å². The SMILES string of the molecule is CC1C2CC(N=C=O)C(C)(C2)C1(C)N=C=O. The number of isocyanates is 2. The van der Waals surface area contributed by atoms with Gasteiger partial charge in [0.1, 0.15) is 0 Å². The molecule has 0 amide bonds. The lowest BCUT2D eigenvalue weighted by Gasteiger charge is -2.44. The van der Waals surface area contributed by atoms with E-state index in [0.29, 0.717) is 11.8 Å². The Kier molecular flexibility index (Phi) is 2.37. The van der Waals surface area contributed by atoms with Crippen LogP contribution in [0.1, 0.15) is 33.6 Å². The molecule has 0 heterocycles. The molecule has 2 rings (SSSR count). The van der Waals surface area contributed by atoms with Gasteiger partial charge in [0, 0.05) is 5.41 Å². The Hall–Kier alpha value is -1.24. The first-order valence-corrected chi connectivity index (χ1v) is 5.65.